The number of carbonyl (C=O) groups is 1. The zero-order valence-corrected chi connectivity index (χ0v) is 15.1. The van der Waals surface area contributed by atoms with Crippen LogP contribution >= 0.6 is 0 Å². The largest absolute Gasteiger partial charge is 0.493 e. The lowest BCUT2D eigenvalue weighted by Gasteiger charge is -2.12. The van der Waals surface area contributed by atoms with Crippen LogP contribution in [0.15, 0.2) is 36.4 Å². The molecule has 0 amide bonds. The lowest BCUT2D eigenvalue weighted by molar-refractivity contribution is -0.129. The Labute approximate surface area is 147 Å². The molecule has 2 rings (SSSR count). The van der Waals surface area contributed by atoms with E-state index in [9.17, 15) is 4.79 Å². The van der Waals surface area contributed by atoms with Gasteiger partial charge < -0.3 is 18.9 Å². The summed E-state index contributed by atoms with van der Waals surface area (Å²) < 4.78 is 21.3. The average molecular weight is 342 g/mol. The molecular formula is C20H22O5. The quantitative estimate of drug-likeness (QED) is 0.452. The maximum atomic E-state index is 12.1. The van der Waals surface area contributed by atoms with Crippen molar-refractivity contribution in [2.75, 3.05) is 21.3 Å². The van der Waals surface area contributed by atoms with E-state index in [1.807, 2.05) is 32.0 Å². The van der Waals surface area contributed by atoms with Gasteiger partial charge in [-0.15, -0.1) is 0 Å². The number of carbonyl (C=O) groups excluding carboxylic acids is 1. The van der Waals surface area contributed by atoms with Crippen LogP contribution in [0, 0.1) is 13.8 Å². The molecule has 0 fully saturated rings. The molecule has 0 aromatic heterocycles. The number of ether oxygens (including phenoxy) is 4. The molecule has 0 saturated heterocycles. The lowest BCUT2D eigenvalue weighted by Crippen LogP contribution is -2.06. The fourth-order valence-electron chi connectivity index (χ4n) is 2.46. The summed E-state index contributed by atoms with van der Waals surface area (Å²) in [4.78, 5) is 12.1. The van der Waals surface area contributed by atoms with E-state index in [0.717, 1.165) is 16.7 Å². The summed E-state index contributed by atoms with van der Waals surface area (Å²) >= 11 is 0. The molecule has 0 radical (unpaired) electrons. The van der Waals surface area contributed by atoms with Crippen LogP contribution in [0.1, 0.15) is 16.7 Å². The Morgan fingerprint density at radius 1 is 0.880 bits per heavy atom. The molecule has 2 aromatic carbocycles. The number of hydrogen-bond donors (Lipinski definition) is 0. The summed E-state index contributed by atoms with van der Waals surface area (Å²) in [6, 6.07) is 9.24. The van der Waals surface area contributed by atoms with Gasteiger partial charge in [-0.1, -0.05) is 18.2 Å². The molecule has 0 heterocycles. The third kappa shape index (κ3) is 4.32. The number of rotatable bonds is 6. The molecule has 0 aliphatic rings. The molecule has 5 nitrogen and oxygen atoms in total. The first-order chi connectivity index (χ1) is 12.0. The van der Waals surface area contributed by atoms with Crippen molar-refractivity contribution in [2.24, 2.45) is 0 Å². The van der Waals surface area contributed by atoms with E-state index >= 15 is 0 Å². The summed E-state index contributed by atoms with van der Waals surface area (Å²) in [6.07, 6.45) is 3.01. The Morgan fingerprint density at radius 2 is 1.44 bits per heavy atom. The van der Waals surface area contributed by atoms with Gasteiger partial charge >= 0.3 is 5.97 Å². The predicted octanol–water partition coefficient (Wildman–Crippen LogP) is 3.95. The monoisotopic (exact) mass is 342 g/mol. The van der Waals surface area contributed by atoms with Crippen LogP contribution in [-0.2, 0) is 4.79 Å². The number of methoxy groups -OCH3 is 3. The molecule has 5 heteroatoms. The van der Waals surface area contributed by atoms with Gasteiger partial charge in [0.2, 0.25) is 5.75 Å². The van der Waals surface area contributed by atoms with E-state index in [1.54, 1.807) is 32.4 Å². The molecule has 0 saturated carbocycles. The average Bonchev–Trinajstić information content (AvgIpc) is 2.62. The fourth-order valence-corrected chi connectivity index (χ4v) is 2.46. The molecule has 25 heavy (non-hydrogen) atoms. The Bertz CT molecular complexity index is 747. The summed E-state index contributed by atoms with van der Waals surface area (Å²) in [5, 5.41) is 0. The van der Waals surface area contributed by atoms with Crippen LogP contribution in [0.4, 0.5) is 0 Å². The first-order valence-corrected chi connectivity index (χ1v) is 7.76. The van der Waals surface area contributed by atoms with Crippen LogP contribution < -0.4 is 18.9 Å². The van der Waals surface area contributed by atoms with Gasteiger partial charge in [0.15, 0.2) is 11.5 Å². The van der Waals surface area contributed by atoms with Gasteiger partial charge in [0.25, 0.3) is 0 Å². The fraction of sp³-hybridized carbons (Fsp3) is 0.250. The van der Waals surface area contributed by atoms with E-state index in [0.29, 0.717) is 23.0 Å². The molecule has 0 N–H and O–H groups in total. The lowest BCUT2D eigenvalue weighted by atomic mass is 10.1. The molecule has 0 spiro atoms. The minimum atomic E-state index is -0.453. The van der Waals surface area contributed by atoms with Crippen LogP contribution in [0.5, 0.6) is 23.0 Å². The van der Waals surface area contributed by atoms with E-state index in [1.165, 1.54) is 13.2 Å². The maximum absolute atomic E-state index is 12.1. The van der Waals surface area contributed by atoms with Crippen molar-refractivity contribution in [3.05, 3.63) is 53.1 Å². The van der Waals surface area contributed by atoms with Gasteiger partial charge in [0.05, 0.1) is 21.3 Å². The number of benzene rings is 2. The van der Waals surface area contributed by atoms with Gasteiger partial charge in [-0.2, -0.15) is 0 Å². The summed E-state index contributed by atoms with van der Waals surface area (Å²) in [6.45, 7) is 3.80. The molecule has 132 valence electrons. The SMILES string of the molecule is COc1cc(/C=C/C(=O)Oc2c(C)cccc2C)cc(OC)c1OC. The number of hydrogen-bond acceptors (Lipinski definition) is 5. The van der Waals surface area contributed by atoms with Crippen LogP contribution in [0.25, 0.3) is 6.08 Å². The Morgan fingerprint density at radius 3 is 1.92 bits per heavy atom. The van der Waals surface area contributed by atoms with Crippen molar-refractivity contribution < 1.29 is 23.7 Å². The zero-order chi connectivity index (χ0) is 18.4. The van der Waals surface area contributed by atoms with Crippen molar-refractivity contribution in [3.8, 4) is 23.0 Å². The van der Waals surface area contributed by atoms with E-state index in [-0.39, 0.29) is 0 Å². The highest BCUT2D eigenvalue weighted by molar-refractivity contribution is 5.89. The maximum Gasteiger partial charge on any atom is 0.336 e. The first-order valence-electron chi connectivity index (χ1n) is 7.76. The predicted molar refractivity (Wildman–Crippen MR) is 96.7 cm³/mol. The minimum absolute atomic E-state index is 0.453. The number of esters is 1. The summed E-state index contributed by atoms with van der Waals surface area (Å²) in [5.41, 5.74) is 2.55. The minimum Gasteiger partial charge on any atom is -0.493 e. The van der Waals surface area contributed by atoms with E-state index in [2.05, 4.69) is 0 Å². The number of para-hydroxylation sites is 1. The molecule has 0 aliphatic carbocycles. The van der Waals surface area contributed by atoms with Gasteiger partial charge in [0, 0.05) is 6.08 Å². The van der Waals surface area contributed by atoms with Gasteiger partial charge in [-0.05, 0) is 48.7 Å². The van der Waals surface area contributed by atoms with E-state index < -0.39 is 5.97 Å². The van der Waals surface area contributed by atoms with Crippen LogP contribution in [-0.4, -0.2) is 27.3 Å². The molecule has 2 aromatic rings. The molecule has 0 atom stereocenters. The van der Waals surface area contributed by atoms with E-state index in [4.69, 9.17) is 18.9 Å². The first kappa shape index (κ1) is 18.4. The van der Waals surface area contributed by atoms with Crippen molar-refractivity contribution in [2.45, 2.75) is 13.8 Å². The highest BCUT2D eigenvalue weighted by atomic mass is 16.5. The Kier molecular flexibility index (Phi) is 6.06. The third-order valence-electron chi connectivity index (χ3n) is 3.71. The molecular weight excluding hydrogens is 320 g/mol. The molecule has 0 bridgehead atoms. The topological polar surface area (TPSA) is 54.0 Å². The van der Waals surface area contributed by atoms with Crippen molar-refractivity contribution in [3.63, 3.8) is 0 Å². The van der Waals surface area contributed by atoms with Crippen molar-refractivity contribution in [1.82, 2.24) is 0 Å². The van der Waals surface area contributed by atoms with Crippen LogP contribution in [0.2, 0.25) is 0 Å². The highest BCUT2D eigenvalue weighted by Crippen LogP contribution is 2.38. The smallest absolute Gasteiger partial charge is 0.336 e. The number of aryl methyl sites for hydroxylation is 2. The third-order valence-corrected chi connectivity index (χ3v) is 3.71. The summed E-state index contributed by atoms with van der Waals surface area (Å²) in [7, 11) is 4.62. The normalized spacial score (nSPS) is 10.6. The van der Waals surface area contributed by atoms with Crippen molar-refractivity contribution in [1.29, 1.82) is 0 Å². The Hall–Kier alpha value is -2.95. The molecule has 0 unspecified atom stereocenters. The van der Waals surface area contributed by atoms with Gasteiger partial charge in [-0.3, -0.25) is 0 Å². The van der Waals surface area contributed by atoms with Crippen molar-refractivity contribution >= 4 is 12.0 Å². The highest BCUT2D eigenvalue weighted by Gasteiger charge is 2.12. The summed E-state index contributed by atoms with van der Waals surface area (Å²) in [5.74, 6) is 1.67. The zero-order valence-electron chi connectivity index (χ0n) is 15.1. The Balaban J connectivity index is 2.22. The second kappa shape index (κ2) is 8.24. The second-order valence-electron chi connectivity index (χ2n) is 5.43. The van der Waals surface area contributed by atoms with Gasteiger partial charge in [0.1, 0.15) is 5.75 Å². The molecule has 0 aliphatic heterocycles. The van der Waals surface area contributed by atoms with Gasteiger partial charge in [-0.25, -0.2) is 4.79 Å². The van der Waals surface area contributed by atoms with Crippen LogP contribution in [0.3, 0.4) is 0 Å². The standard InChI is InChI=1S/C20H22O5/c1-13-7-6-8-14(2)19(13)25-18(21)10-9-15-11-16(22-3)20(24-5)17(12-15)23-4/h6-12H,1-5H3/b10-9+. The second-order valence-corrected chi connectivity index (χ2v) is 5.43.